The minimum Gasteiger partial charge on any atom is -0.691 e. The van der Waals surface area contributed by atoms with Crippen LogP contribution >= 0.6 is 27.5 Å². The van der Waals surface area contributed by atoms with Crippen LogP contribution < -0.4 is 4.85 Å². The summed E-state index contributed by atoms with van der Waals surface area (Å²) in [6.07, 6.45) is 1.55. The molecule has 3 rings (SSSR count). The minimum atomic E-state index is 0.342. The highest BCUT2D eigenvalue weighted by atomic mass is 79.9. The third kappa shape index (κ3) is 1.27. The second-order valence-corrected chi connectivity index (χ2v) is 4.52. The number of halogens is 2. The molecule has 2 heterocycles. The molecule has 0 saturated heterocycles. The lowest BCUT2D eigenvalue weighted by molar-refractivity contribution is -0.643. The van der Waals surface area contributed by atoms with Gasteiger partial charge in [-0.3, -0.25) is 0 Å². The van der Waals surface area contributed by atoms with Crippen molar-refractivity contribution in [1.82, 2.24) is 14.7 Å². The van der Waals surface area contributed by atoms with E-state index in [4.69, 9.17) is 11.6 Å². The molecular formula is C9H4BrClN4O. The average Bonchev–Trinajstić information content (AvgIpc) is 2.63. The molecule has 0 amide bonds. The molecular weight excluding hydrogens is 295 g/mol. The third-order valence-corrected chi connectivity index (χ3v) is 3.04. The maximum Gasteiger partial charge on any atom is 0.348 e. The molecule has 80 valence electrons. The van der Waals surface area contributed by atoms with Gasteiger partial charge in [-0.15, -0.1) is 4.85 Å². The predicted molar refractivity (Wildman–Crippen MR) is 62.2 cm³/mol. The lowest BCUT2D eigenvalue weighted by atomic mass is 10.3. The Hall–Kier alpha value is -1.40. The fraction of sp³-hybridized carbons (Fsp3) is 0. The molecule has 0 aliphatic heterocycles. The second-order valence-electron chi connectivity index (χ2n) is 3.23. The van der Waals surface area contributed by atoms with Crippen LogP contribution in [0.4, 0.5) is 0 Å². The van der Waals surface area contributed by atoms with Crippen molar-refractivity contribution in [1.29, 1.82) is 0 Å². The van der Waals surface area contributed by atoms with Gasteiger partial charge < -0.3 is 5.21 Å². The van der Waals surface area contributed by atoms with E-state index in [1.54, 1.807) is 24.4 Å². The molecule has 0 bridgehead atoms. The van der Waals surface area contributed by atoms with E-state index in [1.807, 2.05) is 0 Å². The first kappa shape index (κ1) is 9.80. The number of nitrogens with zero attached hydrogens (tertiary/aromatic N) is 4. The maximum atomic E-state index is 11.6. The molecule has 0 aliphatic carbocycles. The fourth-order valence-corrected chi connectivity index (χ4v) is 2.14. The van der Waals surface area contributed by atoms with Crippen molar-refractivity contribution in [2.24, 2.45) is 0 Å². The number of hydrogen-bond acceptors (Lipinski definition) is 3. The van der Waals surface area contributed by atoms with Gasteiger partial charge in [0.25, 0.3) is 0 Å². The van der Waals surface area contributed by atoms with Crippen LogP contribution in [-0.2, 0) is 0 Å². The van der Waals surface area contributed by atoms with E-state index in [0.717, 1.165) is 0 Å². The Kier molecular flexibility index (Phi) is 2.02. The highest BCUT2D eigenvalue weighted by Crippen LogP contribution is 2.20. The monoisotopic (exact) mass is 298 g/mol. The van der Waals surface area contributed by atoms with Crippen molar-refractivity contribution in [2.45, 2.75) is 0 Å². The quantitative estimate of drug-likeness (QED) is 0.471. The summed E-state index contributed by atoms with van der Waals surface area (Å²) in [7, 11) is 0. The van der Waals surface area contributed by atoms with Gasteiger partial charge in [0, 0.05) is 11.1 Å². The predicted octanol–water partition coefficient (Wildman–Crippen LogP) is 1.93. The van der Waals surface area contributed by atoms with Gasteiger partial charge >= 0.3 is 5.65 Å². The Bertz CT molecular complexity index is 711. The van der Waals surface area contributed by atoms with Crippen LogP contribution in [0.5, 0.6) is 0 Å². The largest absolute Gasteiger partial charge is 0.691 e. The van der Waals surface area contributed by atoms with Gasteiger partial charge in [-0.05, 0) is 28.1 Å². The van der Waals surface area contributed by atoms with Gasteiger partial charge in [0.2, 0.25) is 0 Å². The standard InChI is InChI=1S/C9H4BrClN4O/c10-6-4-12-14-8-3-5(11)1-2-7(8)13-15(16)9(6)14/h1-4H. The van der Waals surface area contributed by atoms with Crippen LogP contribution in [-0.4, -0.2) is 14.7 Å². The van der Waals surface area contributed by atoms with Crippen molar-refractivity contribution in [3.8, 4) is 0 Å². The summed E-state index contributed by atoms with van der Waals surface area (Å²) in [6.45, 7) is 0. The fourth-order valence-electron chi connectivity index (χ4n) is 1.57. The zero-order valence-corrected chi connectivity index (χ0v) is 10.1. The zero-order valence-electron chi connectivity index (χ0n) is 7.76. The summed E-state index contributed by atoms with van der Waals surface area (Å²) in [5.74, 6) is 0. The number of benzene rings is 1. The Morgan fingerprint density at radius 3 is 3.06 bits per heavy atom. The molecule has 0 radical (unpaired) electrons. The molecule has 2 aromatic heterocycles. The molecule has 0 saturated carbocycles. The van der Waals surface area contributed by atoms with Crippen LogP contribution in [0.1, 0.15) is 0 Å². The molecule has 0 spiro atoms. The molecule has 3 aromatic rings. The normalized spacial score (nSPS) is 11.4. The van der Waals surface area contributed by atoms with E-state index in [9.17, 15) is 5.21 Å². The molecule has 7 heteroatoms. The summed E-state index contributed by atoms with van der Waals surface area (Å²) in [4.78, 5) is 0.535. The van der Waals surface area contributed by atoms with Crippen molar-refractivity contribution in [3.63, 3.8) is 0 Å². The number of rotatable bonds is 0. The number of hydrogen-bond donors (Lipinski definition) is 0. The molecule has 5 nitrogen and oxygen atoms in total. The Labute approximate surface area is 103 Å². The molecule has 0 N–H and O–H groups in total. The molecule has 16 heavy (non-hydrogen) atoms. The molecule has 1 aromatic carbocycles. The minimum absolute atomic E-state index is 0.342. The molecule has 0 unspecified atom stereocenters. The second kappa shape index (κ2) is 3.29. The van der Waals surface area contributed by atoms with Crippen LogP contribution in [0.15, 0.2) is 28.9 Å². The van der Waals surface area contributed by atoms with E-state index >= 15 is 0 Å². The van der Waals surface area contributed by atoms with E-state index < -0.39 is 0 Å². The van der Waals surface area contributed by atoms with E-state index in [0.29, 0.717) is 31.0 Å². The van der Waals surface area contributed by atoms with Gasteiger partial charge in [-0.1, -0.05) is 26.3 Å². The molecule has 0 aliphatic rings. The lowest BCUT2D eigenvalue weighted by Crippen LogP contribution is -2.33. The van der Waals surface area contributed by atoms with E-state index in [2.05, 4.69) is 26.1 Å². The summed E-state index contributed by atoms with van der Waals surface area (Å²) in [5.41, 5.74) is 1.58. The van der Waals surface area contributed by atoms with Gasteiger partial charge in [-0.25, -0.2) is 0 Å². The van der Waals surface area contributed by atoms with Crippen LogP contribution in [0, 0.1) is 5.21 Å². The van der Waals surface area contributed by atoms with Crippen LogP contribution in [0.2, 0.25) is 5.02 Å². The van der Waals surface area contributed by atoms with Gasteiger partial charge in [0.15, 0.2) is 11.0 Å². The first-order valence-electron chi connectivity index (χ1n) is 4.39. The first-order chi connectivity index (χ1) is 7.66. The summed E-state index contributed by atoms with van der Waals surface area (Å²) in [5, 5.41) is 20.2. The van der Waals surface area contributed by atoms with E-state index in [-0.39, 0.29) is 0 Å². The van der Waals surface area contributed by atoms with Crippen molar-refractivity contribution < 1.29 is 4.85 Å². The van der Waals surface area contributed by atoms with Gasteiger partial charge in [-0.2, -0.15) is 0 Å². The lowest BCUT2D eigenvalue weighted by Gasteiger charge is -2.02. The summed E-state index contributed by atoms with van der Waals surface area (Å²) in [6, 6.07) is 5.08. The highest BCUT2D eigenvalue weighted by Gasteiger charge is 2.17. The molecule has 0 atom stereocenters. The van der Waals surface area contributed by atoms with Gasteiger partial charge in [0.05, 0.1) is 6.20 Å². The van der Waals surface area contributed by atoms with Crippen molar-refractivity contribution in [3.05, 3.63) is 39.1 Å². The van der Waals surface area contributed by atoms with E-state index in [1.165, 1.54) is 4.52 Å². The smallest absolute Gasteiger partial charge is 0.348 e. The van der Waals surface area contributed by atoms with Gasteiger partial charge in [0.1, 0.15) is 4.47 Å². The van der Waals surface area contributed by atoms with Crippen LogP contribution in [0.3, 0.4) is 0 Å². The first-order valence-corrected chi connectivity index (χ1v) is 5.56. The number of fused-ring (bicyclic) bond motifs is 3. The average molecular weight is 300 g/mol. The topological polar surface area (TPSA) is 57.1 Å². The maximum absolute atomic E-state index is 11.6. The SMILES string of the molecule is [O-][n+]1nc2ccc(Cl)cc2n2ncc(Br)c21. The Morgan fingerprint density at radius 2 is 2.25 bits per heavy atom. The summed E-state index contributed by atoms with van der Waals surface area (Å²) >= 11 is 9.14. The van der Waals surface area contributed by atoms with Crippen LogP contribution in [0.25, 0.3) is 16.7 Å². The summed E-state index contributed by atoms with van der Waals surface area (Å²) < 4.78 is 2.10. The Balaban J connectivity index is 2.61. The Morgan fingerprint density at radius 1 is 1.44 bits per heavy atom. The number of aromatic nitrogens is 4. The molecule has 0 fully saturated rings. The third-order valence-electron chi connectivity index (χ3n) is 2.25. The highest BCUT2D eigenvalue weighted by molar-refractivity contribution is 9.10. The zero-order chi connectivity index (χ0) is 11.3. The van der Waals surface area contributed by atoms with Crippen molar-refractivity contribution in [2.75, 3.05) is 0 Å². The van der Waals surface area contributed by atoms with Crippen molar-refractivity contribution >= 4 is 44.2 Å².